The second kappa shape index (κ2) is 2.68. The molecule has 2 N–H and O–H groups in total. The smallest absolute Gasteiger partial charge is 0.347 e. The van der Waals surface area contributed by atoms with Gasteiger partial charge in [0.25, 0.3) is 0 Å². The molecule has 1 heterocycles. The van der Waals surface area contributed by atoms with Crippen LogP contribution in [0.4, 0.5) is 0 Å². The molecule has 12 heavy (non-hydrogen) atoms. The Bertz CT molecular complexity index is 409. The van der Waals surface area contributed by atoms with E-state index < -0.39 is 23.9 Å². The number of aliphatic carboxylic acids is 1. The Labute approximate surface area is 65.8 Å². The fourth-order valence-electron chi connectivity index (χ4n) is 0.794. The summed E-state index contributed by atoms with van der Waals surface area (Å²) >= 11 is 0. The van der Waals surface area contributed by atoms with Gasteiger partial charge in [-0.05, 0) is 0 Å². The van der Waals surface area contributed by atoms with Gasteiger partial charge in [-0.1, -0.05) is 0 Å². The van der Waals surface area contributed by atoms with E-state index in [-0.39, 0.29) is 0 Å². The number of hydrogen-bond donors (Lipinski definition) is 2. The molecule has 0 radical (unpaired) electrons. The predicted molar refractivity (Wildman–Crippen MR) is 37.9 cm³/mol. The number of carboxylic acid groups (broad SMARTS) is 1. The Morgan fingerprint density at radius 3 is 2.50 bits per heavy atom. The number of H-pyrrole nitrogens is 1. The van der Waals surface area contributed by atoms with Crippen molar-refractivity contribution in [3.8, 4) is 0 Å². The molecule has 0 aromatic carbocycles. The molecule has 7 nitrogen and oxygen atoms in total. The first-order chi connectivity index (χ1) is 5.52. The molecule has 0 atom stereocenters. The molecule has 0 bridgehead atoms. The molecule has 0 saturated heterocycles. The molecular formula is C5H7N3O4. The molecule has 0 spiro atoms. The SMILES string of the molecule is Cn1[nH]c(=O)n(CC(=O)O)c1=O. The maximum absolute atomic E-state index is 11.0. The fraction of sp³-hybridized carbons (Fsp3) is 0.400. The van der Waals surface area contributed by atoms with Crippen molar-refractivity contribution >= 4 is 5.97 Å². The summed E-state index contributed by atoms with van der Waals surface area (Å²) in [5.74, 6) is -1.23. The van der Waals surface area contributed by atoms with Crippen LogP contribution >= 0.6 is 0 Å². The third-order valence-corrected chi connectivity index (χ3v) is 1.32. The zero-order valence-electron chi connectivity index (χ0n) is 6.27. The van der Waals surface area contributed by atoms with Crippen molar-refractivity contribution in [2.24, 2.45) is 7.05 Å². The van der Waals surface area contributed by atoms with Crippen molar-refractivity contribution in [1.82, 2.24) is 14.3 Å². The number of nitrogens with zero attached hydrogens (tertiary/aromatic N) is 2. The van der Waals surface area contributed by atoms with Crippen molar-refractivity contribution in [3.05, 3.63) is 21.0 Å². The van der Waals surface area contributed by atoms with Crippen LogP contribution in [0.15, 0.2) is 9.59 Å². The molecule has 0 aliphatic rings. The van der Waals surface area contributed by atoms with E-state index in [1.165, 1.54) is 7.05 Å². The Morgan fingerprint density at radius 1 is 1.58 bits per heavy atom. The van der Waals surface area contributed by atoms with Crippen LogP contribution < -0.4 is 11.4 Å². The van der Waals surface area contributed by atoms with Gasteiger partial charge < -0.3 is 5.11 Å². The van der Waals surface area contributed by atoms with E-state index in [0.717, 1.165) is 4.68 Å². The summed E-state index contributed by atoms with van der Waals surface area (Å²) in [5, 5.41) is 10.4. The van der Waals surface area contributed by atoms with Crippen LogP contribution in [0, 0.1) is 0 Å². The lowest BCUT2D eigenvalue weighted by Crippen LogP contribution is -2.31. The first kappa shape index (κ1) is 8.31. The normalized spacial score (nSPS) is 10.1. The second-order valence-electron chi connectivity index (χ2n) is 2.24. The van der Waals surface area contributed by atoms with Gasteiger partial charge in [0, 0.05) is 7.05 Å². The number of carbonyl (C=O) groups is 1. The third-order valence-electron chi connectivity index (χ3n) is 1.32. The Morgan fingerprint density at radius 2 is 2.17 bits per heavy atom. The number of rotatable bonds is 2. The molecule has 0 fully saturated rings. The highest BCUT2D eigenvalue weighted by Gasteiger charge is 2.08. The molecular weight excluding hydrogens is 166 g/mol. The number of aryl methyl sites for hydroxylation is 1. The minimum Gasteiger partial charge on any atom is -0.480 e. The minimum absolute atomic E-state index is 0.600. The number of aromatic amines is 1. The van der Waals surface area contributed by atoms with Gasteiger partial charge in [-0.15, -0.1) is 0 Å². The summed E-state index contributed by atoms with van der Waals surface area (Å²) < 4.78 is 1.52. The van der Waals surface area contributed by atoms with Gasteiger partial charge in [-0.25, -0.2) is 23.9 Å². The molecule has 1 rings (SSSR count). The highest BCUT2D eigenvalue weighted by atomic mass is 16.4. The first-order valence-electron chi connectivity index (χ1n) is 3.10. The predicted octanol–water partition coefficient (Wildman–Crippen LogP) is -2.04. The Hall–Kier alpha value is -1.79. The van der Waals surface area contributed by atoms with Gasteiger partial charge in [0.2, 0.25) is 0 Å². The van der Waals surface area contributed by atoms with E-state index in [1.54, 1.807) is 0 Å². The van der Waals surface area contributed by atoms with Gasteiger partial charge >= 0.3 is 17.3 Å². The van der Waals surface area contributed by atoms with E-state index in [1.807, 2.05) is 0 Å². The van der Waals surface area contributed by atoms with Crippen molar-refractivity contribution < 1.29 is 9.90 Å². The molecule has 0 unspecified atom stereocenters. The third kappa shape index (κ3) is 1.29. The highest BCUT2D eigenvalue weighted by Crippen LogP contribution is 1.70. The summed E-state index contributed by atoms with van der Waals surface area (Å²) in [6, 6.07) is 0. The van der Waals surface area contributed by atoms with Crippen LogP contribution in [0.3, 0.4) is 0 Å². The van der Waals surface area contributed by atoms with Crippen molar-refractivity contribution in [2.45, 2.75) is 6.54 Å². The second-order valence-corrected chi connectivity index (χ2v) is 2.24. The zero-order chi connectivity index (χ0) is 9.30. The standard InChI is InChI=1S/C5H7N3O4/c1-7-5(12)8(2-3(9)10)4(11)6-7/h2H2,1H3,(H,6,11)(H,9,10). The summed E-state index contributed by atoms with van der Waals surface area (Å²) in [5.41, 5.74) is -1.38. The van der Waals surface area contributed by atoms with E-state index in [2.05, 4.69) is 5.10 Å². The summed E-state index contributed by atoms with van der Waals surface area (Å²) in [6.45, 7) is -0.616. The molecule has 7 heteroatoms. The van der Waals surface area contributed by atoms with E-state index >= 15 is 0 Å². The van der Waals surface area contributed by atoms with E-state index in [9.17, 15) is 14.4 Å². The van der Waals surface area contributed by atoms with Crippen LogP contribution in [-0.2, 0) is 18.4 Å². The van der Waals surface area contributed by atoms with Crippen LogP contribution in [0.25, 0.3) is 0 Å². The van der Waals surface area contributed by atoms with Gasteiger partial charge in [0.15, 0.2) is 0 Å². The van der Waals surface area contributed by atoms with Crippen LogP contribution in [0.1, 0.15) is 0 Å². The lowest BCUT2D eigenvalue weighted by molar-refractivity contribution is -0.137. The number of carboxylic acids is 1. The maximum atomic E-state index is 11.0. The average Bonchev–Trinajstić information content (AvgIpc) is 2.16. The molecule has 0 saturated carbocycles. The molecule has 1 aromatic rings. The van der Waals surface area contributed by atoms with Crippen molar-refractivity contribution in [3.63, 3.8) is 0 Å². The van der Waals surface area contributed by atoms with Crippen LogP contribution in [0.5, 0.6) is 0 Å². The zero-order valence-corrected chi connectivity index (χ0v) is 6.27. The number of aromatic nitrogens is 3. The van der Waals surface area contributed by atoms with Crippen molar-refractivity contribution in [2.75, 3.05) is 0 Å². The van der Waals surface area contributed by atoms with Crippen LogP contribution in [0.2, 0.25) is 0 Å². The van der Waals surface area contributed by atoms with E-state index in [0.29, 0.717) is 4.57 Å². The summed E-state index contributed by atoms with van der Waals surface area (Å²) in [6.07, 6.45) is 0. The summed E-state index contributed by atoms with van der Waals surface area (Å²) in [4.78, 5) is 31.9. The van der Waals surface area contributed by atoms with Gasteiger partial charge in [0.05, 0.1) is 0 Å². The minimum atomic E-state index is -1.23. The Kier molecular flexibility index (Phi) is 1.86. The fourth-order valence-corrected chi connectivity index (χ4v) is 0.794. The van der Waals surface area contributed by atoms with Crippen LogP contribution in [-0.4, -0.2) is 25.4 Å². The quantitative estimate of drug-likeness (QED) is 0.538. The lowest BCUT2D eigenvalue weighted by atomic mass is 10.6. The van der Waals surface area contributed by atoms with Gasteiger partial charge in [-0.3, -0.25) is 4.79 Å². The topological polar surface area (TPSA) is 97.1 Å². The molecule has 1 aromatic heterocycles. The van der Waals surface area contributed by atoms with Gasteiger partial charge in [0.1, 0.15) is 6.54 Å². The molecule has 0 aliphatic heterocycles. The highest BCUT2D eigenvalue weighted by molar-refractivity contribution is 5.66. The molecule has 0 aliphatic carbocycles. The largest absolute Gasteiger partial charge is 0.480 e. The maximum Gasteiger partial charge on any atom is 0.347 e. The molecule has 66 valence electrons. The van der Waals surface area contributed by atoms with E-state index in [4.69, 9.17) is 5.11 Å². The summed E-state index contributed by atoms with van der Waals surface area (Å²) in [7, 11) is 1.34. The number of hydrogen-bond acceptors (Lipinski definition) is 3. The monoisotopic (exact) mass is 173 g/mol. The first-order valence-corrected chi connectivity index (χ1v) is 3.10. The Balaban J connectivity index is 3.24. The van der Waals surface area contributed by atoms with Gasteiger partial charge in [-0.2, -0.15) is 0 Å². The van der Waals surface area contributed by atoms with Crippen molar-refractivity contribution in [1.29, 1.82) is 0 Å². The molecule has 0 amide bonds. The lowest BCUT2D eigenvalue weighted by Gasteiger charge is -1.90. The average molecular weight is 173 g/mol. The number of nitrogens with one attached hydrogen (secondary N) is 1.